The molecule has 4 aliphatic rings. The van der Waals surface area contributed by atoms with Crippen molar-refractivity contribution in [3.05, 3.63) is 0 Å². The second kappa shape index (κ2) is 5.54. The summed E-state index contributed by atoms with van der Waals surface area (Å²) in [5.74, 6) is 2.48. The van der Waals surface area contributed by atoms with Gasteiger partial charge in [-0.2, -0.15) is 0 Å². The third kappa shape index (κ3) is 2.50. The third-order valence-electron chi connectivity index (χ3n) is 5.82. The fraction of sp³-hybridized carbons (Fsp3) is 0.941. The van der Waals surface area contributed by atoms with Crippen molar-refractivity contribution < 1.29 is 4.79 Å². The van der Waals surface area contributed by atoms with Gasteiger partial charge in [-0.15, -0.1) is 0 Å². The van der Waals surface area contributed by atoms with E-state index in [4.69, 9.17) is 5.73 Å². The Morgan fingerprint density at radius 1 is 1.29 bits per heavy atom. The van der Waals surface area contributed by atoms with Crippen molar-refractivity contribution in [2.75, 3.05) is 13.1 Å². The summed E-state index contributed by atoms with van der Waals surface area (Å²) in [4.78, 5) is 14.7. The minimum atomic E-state index is -0.0751. The van der Waals surface area contributed by atoms with E-state index in [1.807, 2.05) is 0 Å². The Bertz CT molecular complexity index is 409. The lowest BCUT2D eigenvalue weighted by molar-refractivity contribution is -0.128. The van der Waals surface area contributed by atoms with Crippen molar-refractivity contribution >= 4 is 5.91 Å². The molecule has 3 aliphatic heterocycles. The molecule has 4 nitrogen and oxygen atoms in total. The zero-order valence-corrected chi connectivity index (χ0v) is 13.9. The summed E-state index contributed by atoms with van der Waals surface area (Å²) in [5, 5.41) is 3.72. The third-order valence-corrected chi connectivity index (χ3v) is 5.82. The maximum absolute atomic E-state index is 12.1. The van der Waals surface area contributed by atoms with Crippen LogP contribution in [0.15, 0.2) is 0 Å². The van der Waals surface area contributed by atoms with Gasteiger partial charge in [0.15, 0.2) is 0 Å². The Hall–Kier alpha value is -0.610. The molecular formula is C17H31N3O. The Labute approximate surface area is 128 Å². The number of carbonyl (C=O) groups is 1. The van der Waals surface area contributed by atoms with Crippen molar-refractivity contribution in [1.29, 1.82) is 0 Å². The van der Waals surface area contributed by atoms with Gasteiger partial charge in [-0.3, -0.25) is 9.69 Å². The lowest BCUT2D eigenvalue weighted by Crippen LogP contribution is -2.64. The summed E-state index contributed by atoms with van der Waals surface area (Å²) >= 11 is 0. The van der Waals surface area contributed by atoms with Gasteiger partial charge in [-0.05, 0) is 43.1 Å². The van der Waals surface area contributed by atoms with Crippen LogP contribution in [0.1, 0.15) is 40.5 Å². The number of piperidine rings is 2. The number of primary amides is 1. The van der Waals surface area contributed by atoms with Crippen LogP contribution in [0.4, 0.5) is 0 Å². The number of carbonyl (C=O) groups excluding carboxylic acids is 1. The lowest BCUT2D eigenvalue weighted by atomic mass is 9.66. The fourth-order valence-electron chi connectivity index (χ4n) is 5.32. The number of nitrogens with one attached hydrogen (secondary N) is 1. The van der Waals surface area contributed by atoms with Crippen molar-refractivity contribution in [1.82, 2.24) is 10.2 Å². The summed E-state index contributed by atoms with van der Waals surface area (Å²) in [6.45, 7) is 11.3. The monoisotopic (exact) mass is 293 g/mol. The summed E-state index contributed by atoms with van der Waals surface area (Å²) < 4.78 is 0. The number of hydrogen-bond acceptors (Lipinski definition) is 3. The highest BCUT2D eigenvalue weighted by Gasteiger charge is 2.60. The minimum Gasteiger partial charge on any atom is -0.369 e. The molecule has 120 valence electrons. The van der Waals surface area contributed by atoms with Crippen LogP contribution in [0, 0.1) is 29.6 Å². The fourth-order valence-corrected chi connectivity index (χ4v) is 5.32. The molecule has 3 N–H and O–H groups in total. The molecule has 4 fully saturated rings. The average Bonchev–Trinajstić information content (AvgIpc) is 2.61. The van der Waals surface area contributed by atoms with E-state index in [9.17, 15) is 4.79 Å². The molecule has 0 spiro atoms. The first-order valence-corrected chi connectivity index (χ1v) is 8.68. The van der Waals surface area contributed by atoms with E-state index >= 15 is 0 Å². The molecule has 21 heavy (non-hydrogen) atoms. The maximum atomic E-state index is 12.1. The average molecular weight is 293 g/mol. The Morgan fingerprint density at radius 3 is 2.57 bits per heavy atom. The predicted molar refractivity (Wildman–Crippen MR) is 84.6 cm³/mol. The number of fused-ring (bicyclic) bond motifs is 1. The van der Waals surface area contributed by atoms with Crippen LogP contribution in [0.3, 0.4) is 0 Å². The van der Waals surface area contributed by atoms with Crippen LogP contribution in [0.5, 0.6) is 0 Å². The van der Waals surface area contributed by atoms with Crippen LogP contribution >= 0.6 is 0 Å². The second-order valence-electron chi connectivity index (χ2n) is 8.30. The quantitative estimate of drug-likeness (QED) is 0.806. The smallest absolute Gasteiger partial charge is 0.222 e. The highest BCUT2D eigenvalue weighted by Crippen LogP contribution is 2.50. The molecule has 0 aromatic heterocycles. The molecule has 4 heteroatoms. The van der Waals surface area contributed by atoms with Crippen molar-refractivity contribution in [2.24, 2.45) is 35.3 Å². The van der Waals surface area contributed by atoms with E-state index in [1.54, 1.807) is 0 Å². The van der Waals surface area contributed by atoms with Gasteiger partial charge in [0.25, 0.3) is 0 Å². The first kappa shape index (κ1) is 15.3. The molecule has 3 heterocycles. The second-order valence-corrected chi connectivity index (χ2v) is 8.30. The number of nitrogens with two attached hydrogens (primary N) is 1. The van der Waals surface area contributed by atoms with Gasteiger partial charge in [0.1, 0.15) is 0 Å². The van der Waals surface area contributed by atoms with E-state index in [2.05, 4.69) is 37.9 Å². The Kier molecular flexibility index (Phi) is 4.04. The highest BCUT2D eigenvalue weighted by atomic mass is 16.1. The van der Waals surface area contributed by atoms with Crippen molar-refractivity contribution in [3.8, 4) is 0 Å². The standard InChI is InChI=1S/C17H31N3O/c1-9(2)5-13-12-6-11-7-19-15(12)16(14(11)17(18)21)20(13)8-10(3)4/h9-16,19H,5-8H2,1-4H3,(H2,18,21). The Balaban J connectivity index is 1.92. The van der Waals surface area contributed by atoms with Crippen LogP contribution in [-0.4, -0.2) is 42.0 Å². The summed E-state index contributed by atoms with van der Waals surface area (Å²) in [5.41, 5.74) is 5.78. The molecular weight excluding hydrogens is 262 g/mol. The minimum absolute atomic E-state index is 0.0587. The van der Waals surface area contributed by atoms with Gasteiger partial charge in [-0.25, -0.2) is 0 Å². The zero-order chi connectivity index (χ0) is 15.3. The highest BCUT2D eigenvalue weighted by molar-refractivity contribution is 5.78. The SMILES string of the molecule is CC(C)CC1C2CC3CNC2C(C3C(N)=O)N1CC(C)C. The molecule has 6 unspecified atom stereocenters. The van der Waals surface area contributed by atoms with Crippen LogP contribution in [0.2, 0.25) is 0 Å². The number of amides is 1. The molecule has 3 saturated heterocycles. The van der Waals surface area contributed by atoms with E-state index < -0.39 is 0 Å². The van der Waals surface area contributed by atoms with Crippen LogP contribution < -0.4 is 11.1 Å². The van der Waals surface area contributed by atoms with Gasteiger partial charge < -0.3 is 11.1 Å². The summed E-state index contributed by atoms with van der Waals surface area (Å²) in [6.07, 6.45) is 2.43. The summed E-state index contributed by atoms with van der Waals surface area (Å²) in [7, 11) is 0. The normalized spacial score (nSPS) is 42.2. The lowest BCUT2D eigenvalue weighted by Gasteiger charge is -2.48. The zero-order valence-electron chi connectivity index (χ0n) is 13.9. The number of nitrogens with zero attached hydrogens (tertiary/aromatic N) is 1. The van der Waals surface area contributed by atoms with E-state index in [0.29, 0.717) is 41.8 Å². The molecule has 1 amide bonds. The first-order chi connectivity index (χ1) is 9.90. The summed E-state index contributed by atoms with van der Waals surface area (Å²) in [6, 6.07) is 1.45. The van der Waals surface area contributed by atoms with Gasteiger partial charge in [0, 0.05) is 24.7 Å². The number of rotatable bonds is 5. The predicted octanol–water partition coefficient (Wildman–Crippen LogP) is 1.45. The van der Waals surface area contributed by atoms with Crippen LogP contribution in [-0.2, 0) is 4.79 Å². The number of likely N-dealkylation sites (tertiary alicyclic amines) is 1. The van der Waals surface area contributed by atoms with Gasteiger partial charge >= 0.3 is 0 Å². The van der Waals surface area contributed by atoms with Crippen molar-refractivity contribution in [3.63, 3.8) is 0 Å². The molecule has 1 aliphatic carbocycles. The molecule has 4 rings (SSSR count). The largest absolute Gasteiger partial charge is 0.369 e. The first-order valence-electron chi connectivity index (χ1n) is 8.68. The molecule has 6 atom stereocenters. The molecule has 0 radical (unpaired) electrons. The number of hydrogen-bond donors (Lipinski definition) is 2. The Morgan fingerprint density at radius 2 is 2.00 bits per heavy atom. The molecule has 1 saturated carbocycles. The molecule has 4 bridgehead atoms. The van der Waals surface area contributed by atoms with Crippen molar-refractivity contribution in [2.45, 2.75) is 58.7 Å². The molecule has 0 aromatic carbocycles. The van der Waals surface area contributed by atoms with Crippen LogP contribution in [0.25, 0.3) is 0 Å². The van der Waals surface area contributed by atoms with Gasteiger partial charge in [0.05, 0.1) is 5.92 Å². The topological polar surface area (TPSA) is 58.4 Å². The van der Waals surface area contributed by atoms with E-state index in [1.165, 1.54) is 12.8 Å². The van der Waals surface area contributed by atoms with Gasteiger partial charge in [-0.1, -0.05) is 27.7 Å². The van der Waals surface area contributed by atoms with E-state index in [-0.39, 0.29) is 11.8 Å². The maximum Gasteiger partial charge on any atom is 0.222 e. The molecule has 0 aromatic rings. The van der Waals surface area contributed by atoms with Gasteiger partial charge in [0.2, 0.25) is 5.91 Å². The van der Waals surface area contributed by atoms with E-state index in [0.717, 1.165) is 13.1 Å².